The van der Waals surface area contributed by atoms with Crippen LogP contribution in [0.5, 0.6) is 0 Å². The number of hydrogen-bond acceptors (Lipinski definition) is 4. The van der Waals surface area contributed by atoms with E-state index in [1.807, 2.05) is 28.2 Å². The highest BCUT2D eigenvalue weighted by Gasteiger charge is 2.29. The maximum atomic E-state index is 12.1. The van der Waals surface area contributed by atoms with Gasteiger partial charge >= 0.3 is 0 Å². The second-order valence-electron chi connectivity index (χ2n) is 7.09. The number of amides is 2. The summed E-state index contributed by atoms with van der Waals surface area (Å²) in [5, 5.41) is 6.02. The Morgan fingerprint density at radius 2 is 1.22 bits per heavy atom. The zero-order chi connectivity index (χ0) is 17.2. The molecular formula is C17H34N4O2. The molecule has 0 saturated heterocycles. The smallest absolute Gasteiger partial charge is 0.223 e. The third-order valence-electron chi connectivity index (χ3n) is 4.41. The molecule has 0 aromatic heterocycles. The van der Waals surface area contributed by atoms with Gasteiger partial charge in [0.15, 0.2) is 0 Å². The van der Waals surface area contributed by atoms with E-state index in [2.05, 4.69) is 20.4 Å². The molecule has 2 N–H and O–H groups in total. The van der Waals surface area contributed by atoms with E-state index in [0.717, 1.165) is 51.7 Å². The van der Waals surface area contributed by atoms with Crippen LogP contribution in [-0.4, -0.2) is 76.0 Å². The predicted octanol–water partition coefficient (Wildman–Crippen LogP) is 0.539. The number of likely N-dealkylation sites (N-methyl/N-ethyl adjacent to an activating group) is 1. The molecular weight excluding hydrogens is 292 g/mol. The van der Waals surface area contributed by atoms with E-state index in [0.29, 0.717) is 6.54 Å². The summed E-state index contributed by atoms with van der Waals surface area (Å²) >= 11 is 0. The SMILES string of the molecule is CN(C)CCCNC(=O)C1CCC(C(=O)NCCN(C)C)CC1. The third-order valence-corrected chi connectivity index (χ3v) is 4.41. The fourth-order valence-corrected chi connectivity index (χ4v) is 2.92. The van der Waals surface area contributed by atoms with Crippen LogP contribution in [0.25, 0.3) is 0 Å². The first-order valence-corrected chi connectivity index (χ1v) is 8.75. The molecule has 0 aliphatic heterocycles. The van der Waals surface area contributed by atoms with Gasteiger partial charge in [0, 0.05) is 31.5 Å². The highest BCUT2D eigenvalue weighted by molar-refractivity contribution is 5.81. The molecule has 0 radical (unpaired) electrons. The molecule has 0 spiro atoms. The van der Waals surface area contributed by atoms with Gasteiger partial charge < -0.3 is 20.4 Å². The molecule has 1 saturated carbocycles. The molecule has 6 nitrogen and oxygen atoms in total. The Morgan fingerprint density at radius 3 is 1.65 bits per heavy atom. The lowest BCUT2D eigenvalue weighted by Crippen LogP contribution is -2.39. The van der Waals surface area contributed by atoms with Gasteiger partial charge in [-0.15, -0.1) is 0 Å². The van der Waals surface area contributed by atoms with Crippen LogP contribution in [0.4, 0.5) is 0 Å². The van der Waals surface area contributed by atoms with E-state index in [4.69, 9.17) is 0 Å². The summed E-state index contributed by atoms with van der Waals surface area (Å²) in [6, 6.07) is 0. The fraction of sp³-hybridized carbons (Fsp3) is 0.882. The molecule has 1 fully saturated rings. The number of nitrogens with zero attached hydrogens (tertiary/aromatic N) is 2. The van der Waals surface area contributed by atoms with E-state index in [1.165, 1.54) is 0 Å². The second kappa shape index (κ2) is 10.6. The lowest BCUT2D eigenvalue weighted by Gasteiger charge is -2.27. The zero-order valence-electron chi connectivity index (χ0n) is 15.2. The van der Waals surface area contributed by atoms with Gasteiger partial charge in [-0.25, -0.2) is 0 Å². The van der Waals surface area contributed by atoms with Crippen molar-refractivity contribution < 1.29 is 9.59 Å². The Balaban J connectivity index is 2.18. The molecule has 1 rings (SSSR count). The molecule has 0 atom stereocenters. The van der Waals surface area contributed by atoms with Crippen LogP contribution >= 0.6 is 0 Å². The van der Waals surface area contributed by atoms with Crippen LogP contribution in [0.3, 0.4) is 0 Å². The van der Waals surface area contributed by atoms with Crippen molar-refractivity contribution in [1.82, 2.24) is 20.4 Å². The predicted molar refractivity (Wildman–Crippen MR) is 93.2 cm³/mol. The molecule has 6 heteroatoms. The Bertz CT molecular complexity index is 364. The lowest BCUT2D eigenvalue weighted by atomic mass is 9.81. The molecule has 0 aromatic rings. The van der Waals surface area contributed by atoms with Crippen molar-refractivity contribution in [3.05, 3.63) is 0 Å². The maximum absolute atomic E-state index is 12.1. The summed E-state index contributed by atoms with van der Waals surface area (Å²) in [5.74, 6) is 0.474. The third kappa shape index (κ3) is 8.32. The molecule has 2 amide bonds. The number of carbonyl (C=O) groups excluding carboxylic acids is 2. The van der Waals surface area contributed by atoms with Crippen LogP contribution in [0.1, 0.15) is 32.1 Å². The summed E-state index contributed by atoms with van der Waals surface area (Å²) < 4.78 is 0. The van der Waals surface area contributed by atoms with Crippen LogP contribution in [0, 0.1) is 11.8 Å². The van der Waals surface area contributed by atoms with E-state index in [1.54, 1.807) is 0 Å². The lowest BCUT2D eigenvalue weighted by molar-refractivity contribution is -0.130. The van der Waals surface area contributed by atoms with Gasteiger partial charge in [-0.05, 0) is 66.8 Å². The van der Waals surface area contributed by atoms with Crippen molar-refractivity contribution in [2.75, 3.05) is 54.4 Å². The largest absolute Gasteiger partial charge is 0.356 e. The molecule has 23 heavy (non-hydrogen) atoms. The summed E-state index contributed by atoms with van der Waals surface area (Å²) in [7, 11) is 8.06. The van der Waals surface area contributed by atoms with Gasteiger partial charge in [0.1, 0.15) is 0 Å². The van der Waals surface area contributed by atoms with Gasteiger partial charge in [-0.1, -0.05) is 0 Å². The molecule has 1 aliphatic rings. The summed E-state index contributed by atoms with van der Waals surface area (Å²) in [6.07, 6.45) is 4.27. The average Bonchev–Trinajstić information content (AvgIpc) is 2.51. The van der Waals surface area contributed by atoms with Crippen LogP contribution in [-0.2, 0) is 9.59 Å². The number of carbonyl (C=O) groups is 2. The number of rotatable bonds is 9. The Labute approximate surface area is 141 Å². The van der Waals surface area contributed by atoms with E-state index >= 15 is 0 Å². The van der Waals surface area contributed by atoms with Crippen molar-refractivity contribution in [1.29, 1.82) is 0 Å². The molecule has 0 heterocycles. The minimum atomic E-state index is 0.0787. The highest BCUT2D eigenvalue weighted by atomic mass is 16.2. The van der Waals surface area contributed by atoms with Crippen LogP contribution < -0.4 is 10.6 Å². The number of nitrogens with one attached hydrogen (secondary N) is 2. The summed E-state index contributed by atoms with van der Waals surface area (Å²) in [6.45, 7) is 3.27. The monoisotopic (exact) mass is 326 g/mol. The Hall–Kier alpha value is -1.14. The first kappa shape index (κ1) is 19.9. The van der Waals surface area contributed by atoms with E-state index < -0.39 is 0 Å². The normalized spacial score (nSPS) is 21.5. The molecule has 0 unspecified atom stereocenters. The summed E-state index contributed by atoms with van der Waals surface area (Å²) in [5.41, 5.74) is 0. The Kier molecular flexibility index (Phi) is 9.17. The Morgan fingerprint density at radius 1 is 0.783 bits per heavy atom. The van der Waals surface area contributed by atoms with E-state index in [9.17, 15) is 9.59 Å². The first-order valence-electron chi connectivity index (χ1n) is 8.75. The van der Waals surface area contributed by atoms with Gasteiger partial charge in [0.25, 0.3) is 0 Å². The van der Waals surface area contributed by atoms with Gasteiger partial charge in [0.05, 0.1) is 0 Å². The standard InChI is InChI=1S/C17H34N4O2/c1-20(2)12-5-10-18-16(22)14-6-8-15(9-7-14)17(23)19-11-13-21(3)4/h14-15H,5-13H2,1-4H3,(H,18,22)(H,19,23). The summed E-state index contributed by atoms with van der Waals surface area (Å²) in [4.78, 5) is 28.4. The minimum absolute atomic E-state index is 0.0787. The van der Waals surface area contributed by atoms with Gasteiger partial charge in [-0.3, -0.25) is 9.59 Å². The van der Waals surface area contributed by atoms with Crippen molar-refractivity contribution in [2.24, 2.45) is 11.8 Å². The van der Waals surface area contributed by atoms with Crippen molar-refractivity contribution in [3.8, 4) is 0 Å². The molecule has 0 bridgehead atoms. The topological polar surface area (TPSA) is 64.7 Å². The van der Waals surface area contributed by atoms with Crippen molar-refractivity contribution in [3.63, 3.8) is 0 Å². The maximum Gasteiger partial charge on any atom is 0.223 e. The zero-order valence-corrected chi connectivity index (χ0v) is 15.2. The molecule has 134 valence electrons. The van der Waals surface area contributed by atoms with Crippen LogP contribution in [0.15, 0.2) is 0 Å². The fourth-order valence-electron chi connectivity index (χ4n) is 2.92. The molecule has 1 aliphatic carbocycles. The van der Waals surface area contributed by atoms with Crippen molar-refractivity contribution in [2.45, 2.75) is 32.1 Å². The average molecular weight is 326 g/mol. The second-order valence-corrected chi connectivity index (χ2v) is 7.09. The number of hydrogen-bond donors (Lipinski definition) is 2. The first-order chi connectivity index (χ1) is 10.9. The van der Waals surface area contributed by atoms with E-state index in [-0.39, 0.29) is 23.7 Å². The molecule has 0 aromatic carbocycles. The van der Waals surface area contributed by atoms with Crippen LogP contribution in [0.2, 0.25) is 0 Å². The van der Waals surface area contributed by atoms with Crippen molar-refractivity contribution >= 4 is 11.8 Å². The van der Waals surface area contributed by atoms with Gasteiger partial charge in [0.2, 0.25) is 11.8 Å². The highest BCUT2D eigenvalue weighted by Crippen LogP contribution is 2.29. The minimum Gasteiger partial charge on any atom is -0.356 e. The quantitative estimate of drug-likeness (QED) is 0.607. The van der Waals surface area contributed by atoms with Gasteiger partial charge in [-0.2, -0.15) is 0 Å².